The summed E-state index contributed by atoms with van der Waals surface area (Å²) in [5.74, 6) is 0.774. The summed E-state index contributed by atoms with van der Waals surface area (Å²) in [7, 11) is 0. The Labute approximate surface area is 83.4 Å². The quantitative estimate of drug-likeness (QED) is 0.727. The third-order valence-electron chi connectivity index (χ3n) is 3.29. The maximum absolute atomic E-state index is 4.32. The van der Waals surface area contributed by atoms with E-state index in [0.717, 1.165) is 11.6 Å². The standard InChI is InChI=1S/C12H14N2/c1-2-4-9(3-1)10-5-7-13-12-11(10)6-8-14-12/h5-9H,1-4H2,(H,13,14). The van der Waals surface area contributed by atoms with Crippen molar-refractivity contribution in [2.45, 2.75) is 31.6 Å². The smallest absolute Gasteiger partial charge is 0.137 e. The molecule has 2 heterocycles. The van der Waals surface area contributed by atoms with Gasteiger partial charge in [-0.25, -0.2) is 4.98 Å². The predicted octanol–water partition coefficient (Wildman–Crippen LogP) is 3.22. The van der Waals surface area contributed by atoms with Crippen LogP contribution in [0.15, 0.2) is 24.5 Å². The maximum atomic E-state index is 4.32. The summed E-state index contributed by atoms with van der Waals surface area (Å²) in [6, 6.07) is 4.34. The number of aromatic nitrogens is 2. The average Bonchev–Trinajstić information content (AvgIpc) is 2.88. The number of rotatable bonds is 1. The van der Waals surface area contributed by atoms with Gasteiger partial charge in [-0.15, -0.1) is 0 Å². The van der Waals surface area contributed by atoms with E-state index >= 15 is 0 Å². The van der Waals surface area contributed by atoms with Crippen molar-refractivity contribution in [3.05, 3.63) is 30.1 Å². The van der Waals surface area contributed by atoms with Crippen molar-refractivity contribution in [2.75, 3.05) is 0 Å². The SMILES string of the molecule is c1cc(C2CCCC2)c2cc[nH]c2n1. The lowest BCUT2D eigenvalue weighted by Crippen LogP contribution is -1.93. The topological polar surface area (TPSA) is 28.7 Å². The molecule has 1 saturated carbocycles. The molecule has 0 spiro atoms. The molecule has 0 aliphatic heterocycles. The number of pyridine rings is 1. The van der Waals surface area contributed by atoms with Gasteiger partial charge in [0.1, 0.15) is 5.65 Å². The van der Waals surface area contributed by atoms with Crippen LogP contribution in [0.25, 0.3) is 11.0 Å². The molecular weight excluding hydrogens is 172 g/mol. The highest BCUT2D eigenvalue weighted by atomic mass is 14.8. The van der Waals surface area contributed by atoms with Gasteiger partial charge in [-0.3, -0.25) is 0 Å². The van der Waals surface area contributed by atoms with Crippen LogP contribution in [0.1, 0.15) is 37.2 Å². The molecule has 2 heteroatoms. The molecule has 0 aromatic carbocycles. The van der Waals surface area contributed by atoms with E-state index in [1.54, 1.807) is 0 Å². The van der Waals surface area contributed by atoms with Crippen molar-refractivity contribution in [3.63, 3.8) is 0 Å². The van der Waals surface area contributed by atoms with E-state index in [-0.39, 0.29) is 0 Å². The van der Waals surface area contributed by atoms with E-state index in [1.165, 1.54) is 36.6 Å². The van der Waals surface area contributed by atoms with Crippen molar-refractivity contribution in [2.24, 2.45) is 0 Å². The molecule has 0 saturated heterocycles. The van der Waals surface area contributed by atoms with Crippen LogP contribution in [0.4, 0.5) is 0 Å². The number of hydrogen-bond acceptors (Lipinski definition) is 1. The van der Waals surface area contributed by atoms with E-state index in [0.29, 0.717) is 0 Å². The number of aromatic amines is 1. The van der Waals surface area contributed by atoms with Gasteiger partial charge in [0.25, 0.3) is 0 Å². The van der Waals surface area contributed by atoms with Crippen molar-refractivity contribution in [3.8, 4) is 0 Å². The van der Waals surface area contributed by atoms with Crippen LogP contribution < -0.4 is 0 Å². The van der Waals surface area contributed by atoms with Gasteiger partial charge >= 0.3 is 0 Å². The van der Waals surface area contributed by atoms with E-state index in [9.17, 15) is 0 Å². The fourth-order valence-electron chi connectivity index (χ4n) is 2.58. The van der Waals surface area contributed by atoms with Crippen LogP contribution in [0.3, 0.4) is 0 Å². The van der Waals surface area contributed by atoms with Gasteiger partial charge in [0.15, 0.2) is 0 Å². The summed E-state index contributed by atoms with van der Waals surface area (Å²) in [6.45, 7) is 0. The van der Waals surface area contributed by atoms with Gasteiger partial charge in [0, 0.05) is 17.8 Å². The number of nitrogens with one attached hydrogen (secondary N) is 1. The van der Waals surface area contributed by atoms with Crippen molar-refractivity contribution in [1.29, 1.82) is 0 Å². The lowest BCUT2D eigenvalue weighted by molar-refractivity contribution is 0.729. The fraction of sp³-hybridized carbons (Fsp3) is 0.417. The van der Waals surface area contributed by atoms with E-state index in [4.69, 9.17) is 0 Å². The second kappa shape index (κ2) is 3.12. The zero-order chi connectivity index (χ0) is 9.38. The summed E-state index contributed by atoms with van der Waals surface area (Å²) in [5.41, 5.74) is 2.53. The Hall–Kier alpha value is -1.31. The molecule has 0 atom stereocenters. The van der Waals surface area contributed by atoms with Crippen LogP contribution >= 0.6 is 0 Å². The molecule has 0 bridgehead atoms. The third kappa shape index (κ3) is 1.14. The Morgan fingerprint density at radius 3 is 2.93 bits per heavy atom. The number of hydrogen-bond donors (Lipinski definition) is 1. The second-order valence-electron chi connectivity index (χ2n) is 4.12. The molecule has 2 aromatic rings. The second-order valence-corrected chi connectivity index (χ2v) is 4.12. The number of fused-ring (bicyclic) bond motifs is 1. The van der Waals surface area contributed by atoms with Crippen LogP contribution in [0, 0.1) is 0 Å². The minimum absolute atomic E-state index is 0.774. The molecule has 1 aliphatic carbocycles. The van der Waals surface area contributed by atoms with Crippen molar-refractivity contribution < 1.29 is 0 Å². The number of H-pyrrole nitrogens is 1. The summed E-state index contributed by atoms with van der Waals surface area (Å²) in [5, 5.41) is 1.32. The minimum atomic E-state index is 0.774. The monoisotopic (exact) mass is 186 g/mol. The summed E-state index contributed by atoms with van der Waals surface area (Å²) in [6.07, 6.45) is 9.38. The molecule has 1 aliphatic rings. The van der Waals surface area contributed by atoms with Gasteiger partial charge in [-0.2, -0.15) is 0 Å². The van der Waals surface area contributed by atoms with Gasteiger partial charge in [0.2, 0.25) is 0 Å². The first-order valence-corrected chi connectivity index (χ1v) is 5.37. The molecular formula is C12H14N2. The van der Waals surface area contributed by atoms with Crippen LogP contribution in [-0.4, -0.2) is 9.97 Å². The Bertz CT molecular complexity index is 438. The molecule has 2 aromatic heterocycles. The first-order chi connectivity index (χ1) is 6.95. The highest BCUT2D eigenvalue weighted by molar-refractivity contribution is 5.79. The molecule has 2 nitrogen and oxygen atoms in total. The lowest BCUT2D eigenvalue weighted by Gasteiger charge is -2.09. The van der Waals surface area contributed by atoms with Crippen molar-refractivity contribution >= 4 is 11.0 Å². The summed E-state index contributed by atoms with van der Waals surface area (Å²) in [4.78, 5) is 7.49. The lowest BCUT2D eigenvalue weighted by atomic mass is 9.96. The first-order valence-electron chi connectivity index (χ1n) is 5.37. The molecule has 14 heavy (non-hydrogen) atoms. The van der Waals surface area contributed by atoms with Gasteiger partial charge in [0.05, 0.1) is 0 Å². The predicted molar refractivity (Wildman–Crippen MR) is 57.3 cm³/mol. The van der Waals surface area contributed by atoms with Crippen LogP contribution in [-0.2, 0) is 0 Å². The number of nitrogens with zero attached hydrogens (tertiary/aromatic N) is 1. The molecule has 1 fully saturated rings. The molecule has 1 N–H and O–H groups in total. The minimum Gasteiger partial charge on any atom is -0.346 e. The van der Waals surface area contributed by atoms with E-state index in [2.05, 4.69) is 22.1 Å². The third-order valence-corrected chi connectivity index (χ3v) is 3.29. The molecule has 0 radical (unpaired) electrons. The molecule has 0 amide bonds. The zero-order valence-electron chi connectivity index (χ0n) is 8.16. The van der Waals surface area contributed by atoms with Crippen molar-refractivity contribution in [1.82, 2.24) is 9.97 Å². The first kappa shape index (κ1) is 8.04. The Kier molecular flexibility index (Phi) is 1.79. The average molecular weight is 186 g/mol. The van der Waals surface area contributed by atoms with Gasteiger partial charge in [-0.05, 0) is 36.5 Å². The van der Waals surface area contributed by atoms with Crippen LogP contribution in [0.2, 0.25) is 0 Å². The highest BCUT2D eigenvalue weighted by Crippen LogP contribution is 2.36. The van der Waals surface area contributed by atoms with E-state index in [1.807, 2.05) is 12.4 Å². The van der Waals surface area contributed by atoms with Gasteiger partial charge in [-0.1, -0.05) is 12.8 Å². The Morgan fingerprint density at radius 1 is 1.21 bits per heavy atom. The zero-order valence-corrected chi connectivity index (χ0v) is 8.16. The summed E-state index contributed by atoms with van der Waals surface area (Å²) >= 11 is 0. The highest BCUT2D eigenvalue weighted by Gasteiger charge is 2.19. The Morgan fingerprint density at radius 2 is 2.07 bits per heavy atom. The fourth-order valence-corrected chi connectivity index (χ4v) is 2.58. The molecule has 3 rings (SSSR count). The normalized spacial score (nSPS) is 18.0. The summed E-state index contributed by atoms with van der Waals surface area (Å²) < 4.78 is 0. The van der Waals surface area contributed by atoms with Gasteiger partial charge < -0.3 is 4.98 Å². The maximum Gasteiger partial charge on any atom is 0.137 e. The largest absolute Gasteiger partial charge is 0.346 e. The molecule has 72 valence electrons. The van der Waals surface area contributed by atoms with Crippen LogP contribution in [0.5, 0.6) is 0 Å². The van der Waals surface area contributed by atoms with E-state index < -0.39 is 0 Å². The molecule has 0 unspecified atom stereocenters. The Balaban J connectivity index is 2.14.